The van der Waals surface area contributed by atoms with Crippen molar-refractivity contribution in [3.05, 3.63) is 35.4 Å². The van der Waals surface area contributed by atoms with Gasteiger partial charge in [0.15, 0.2) is 0 Å². The Kier molecular flexibility index (Phi) is 2.20. The second kappa shape index (κ2) is 3.10. The molecule has 1 aromatic carbocycles. The Balaban J connectivity index is 2.52. The van der Waals surface area contributed by atoms with Gasteiger partial charge in [0.1, 0.15) is 0 Å². The van der Waals surface area contributed by atoms with Crippen molar-refractivity contribution in [2.45, 2.75) is 30.2 Å². The third-order valence-corrected chi connectivity index (χ3v) is 4.19. The van der Waals surface area contributed by atoms with Crippen LogP contribution in [-0.4, -0.2) is 9.93 Å². The molecular weight excluding hydrogens is 228 g/mol. The van der Waals surface area contributed by atoms with Crippen molar-refractivity contribution < 1.29 is 5.11 Å². The molecule has 2 atom stereocenters. The zero-order valence-electron chi connectivity index (χ0n) is 7.63. The third-order valence-electron chi connectivity index (χ3n) is 2.84. The molecule has 0 saturated carbocycles. The molecule has 13 heavy (non-hydrogen) atoms. The van der Waals surface area contributed by atoms with Crippen LogP contribution in [0.5, 0.6) is 0 Å². The van der Waals surface area contributed by atoms with Crippen LogP contribution in [0.25, 0.3) is 0 Å². The van der Waals surface area contributed by atoms with E-state index < -0.39 is 5.60 Å². The fourth-order valence-corrected chi connectivity index (χ4v) is 2.44. The fourth-order valence-electron chi connectivity index (χ4n) is 1.96. The van der Waals surface area contributed by atoms with Gasteiger partial charge in [-0.15, -0.1) is 0 Å². The lowest BCUT2D eigenvalue weighted by Gasteiger charge is -2.35. The molecule has 1 aliphatic rings. The van der Waals surface area contributed by atoms with E-state index in [9.17, 15) is 5.11 Å². The quantitative estimate of drug-likeness (QED) is 0.692. The van der Waals surface area contributed by atoms with Gasteiger partial charge >= 0.3 is 0 Å². The molecule has 0 aromatic heterocycles. The fraction of sp³-hybridized carbons (Fsp3) is 0.455. The number of halogens is 1. The second-order valence-corrected chi connectivity index (χ2v) is 4.92. The van der Waals surface area contributed by atoms with Gasteiger partial charge in [0.25, 0.3) is 0 Å². The van der Waals surface area contributed by atoms with Crippen LogP contribution in [0.15, 0.2) is 24.3 Å². The summed E-state index contributed by atoms with van der Waals surface area (Å²) in [6.45, 7) is 1.88. The number of aliphatic hydroxyl groups is 1. The van der Waals surface area contributed by atoms with Crippen LogP contribution in [0.3, 0.4) is 0 Å². The summed E-state index contributed by atoms with van der Waals surface area (Å²) in [4.78, 5) is 0.176. The highest BCUT2D eigenvalue weighted by molar-refractivity contribution is 9.09. The van der Waals surface area contributed by atoms with Crippen LogP contribution >= 0.6 is 15.9 Å². The number of alkyl halides is 1. The van der Waals surface area contributed by atoms with Gasteiger partial charge < -0.3 is 5.11 Å². The molecule has 0 fully saturated rings. The van der Waals surface area contributed by atoms with E-state index >= 15 is 0 Å². The van der Waals surface area contributed by atoms with Crippen LogP contribution in [-0.2, 0) is 12.0 Å². The number of hydrogen-bond donors (Lipinski definition) is 1. The number of fused-ring (bicyclic) bond motifs is 1. The van der Waals surface area contributed by atoms with Crippen LogP contribution in [0.4, 0.5) is 0 Å². The van der Waals surface area contributed by atoms with E-state index in [-0.39, 0.29) is 4.83 Å². The highest BCUT2D eigenvalue weighted by Gasteiger charge is 2.36. The van der Waals surface area contributed by atoms with Crippen molar-refractivity contribution >= 4 is 15.9 Å². The van der Waals surface area contributed by atoms with Crippen molar-refractivity contribution in [3.8, 4) is 0 Å². The molecule has 0 amide bonds. The minimum Gasteiger partial charge on any atom is -0.384 e. The monoisotopic (exact) mass is 240 g/mol. The molecule has 0 saturated heterocycles. The Morgan fingerprint density at radius 3 is 2.92 bits per heavy atom. The van der Waals surface area contributed by atoms with E-state index in [4.69, 9.17) is 0 Å². The zero-order chi connectivity index (χ0) is 9.47. The Morgan fingerprint density at radius 1 is 1.46 bits per heavy atom. The van der Waals surface area contributed by atoms with Crippen molar-refractivity contribution in [2.24, 2.45) is 0 Å². The summed E-state index contributed by atoms with van der Waals surface area (Å²) in [7, 11) is 0. The van der Waals surface area contributed by atoms with Crippen LogP contribution in [0.1, 0.15) is 24.5 Å². The maximum atomic E-state index is 10.2. The van der Waals surface area contributed by atoms with E-state index in [1.165, 1.54) is 5.56 Å². The molecule has 1 aromatic rings. The van der Waals surface area contributed by atoms with Crippen LogP contribution in [0, 0.1) is 0 Å². The molecule has 1 aliphatic carbocycles. The molecule has 2 heteroatoms. The molecule has 70 valence electrons. The predicted octanol–water partition coefficient (Wildman–Crippen LogP) is 2.60. The van der Waals surface area contributed by atoms with Crippen LogP contribution < -0.4 is 0 Å². The maximum absolute atomic E-state index is 10.2. The Bertz CT molecular complexity index is 320. The van der Waals surface area contributed by atoms with E-state index in [1.807, 2.05) is 25.1 Å². The minimum absolute atomic E-state index is 0.176. The van der Waals surface area contributed by atoms with Gasteiger partial charge in [0, 0.05) is 4.83 Å². The Labute approximate surface area is 86.9 Å². The lowest BCUT2D eigenvalue weighted by molar-refractivity contribution is 0.0476. The van der Waals surface area contributed by atoms with E-state index in [0.29, 0.717) is 0 Å². The van der Waals surface area contributed by atoms with Gasteiger partial charge in [-0.3, -0.25) is 0 Å². The molecule has 2 unspecified atom stereocenters. The zero-order valence-corrected chi connectivity index (χ0v) is 9.21. The van der Waals surface area contributed by atoms with Gasteiger partial charge in [-0.25, -0.2) is 0 Å². The van der Waals surface area contributed by atoms with Gasteiger partial charge in [0.05, 0.1) is 5.60 Å². The molecule has 0 radical (unpaired) electrons. The lowest BCUT2D eigenvalue weighted by atomic mass is 9.80. The first-order valence-corrected chi connectivity index (χ1v) is 5.49. The van der Waals surface area contributed by atoms with Gasteiger partial charge in [-0.05, 0) is 30.9 Å². The SMILES string of the molecule is CC1(O)c2ccccc2CCC1Br. The second-order valence-electron chi connectivity index (χ2n) is 3.81. The summed E-state index contributed by atoms with van der Waals surface area (Å²) < 4.78 is 0. The average molecular weight is 241 g/mol. The molecule has 0 bridgehead atoms. The standard InChI is InChI=1S/C11H13BrO/c1-11(13)9-5-3-2-4-8(9)6-7-10(11)12/h2-5,10,13H,6-7H2,1H3. The van der Waals surface area contributed by atoms with Crippen molar-refractivity contribution in [2.75, 3.05) is 0 Å². The van der Waals surface area contributed by atoms with Gasteiger partial charge in [-0.2, -0.15) is 0 Å². The van der Waals surface area contributed by atoms with E-state index in [2.05, 4.69) is 22.0 Å². The van der Waals surface area contributed by atoms with Gasteiger partial charge in [0.2, 0.25) is 0 Å². The predicted molar refractivity (Wildman–Crippen MR) is 57.0 cm³/mol. The molecule has 1 N–H and O–H groups in total. The summed E-state index contributed by atoms with van der Waals surface area (Å²) in [6, 6.07) is 8.13. The Hall–Kier alpha value is -0.340. The minimum atomic E-state index is -0.713. The topological polar surface area (TPSA) is 20.2 Å². The van der Waals surface area contributed by atoms with Gasteiger partial charge in [-0.1, -0.05) is 40.2 Å². The molecule has 0 spiro atoms. The highest BCUT2D eigenvalue weighted by Crippen LogP contribution is 2.38. The lowest BCUT2D eigenvalue weighted by Crippen LogP contribution is -2.37. The molecular formula is C11H13BrO. The normalized spacial score (nSPS) is 32.7. The van der Waals surface area contributed by atoms with Crippen molar-refractivity contribution in [3.63, 3.8) is 0 Å². The van der Waals surface area contributed by atoms with Crippen molar-refractivity contribution in [1.82, 2.24) is 0 Å². The number of benzene rings is 1. The number of aryl methyl sites for hydroxylation is 1. The van der Waals surface area contributed by atoms with Crippen molar-refractivity contribution in [1.29, 1.82) is 0 Å². The molecule has 0 heterocycles. The first kappa shape index (κ1) is 9.22. The molecule has 2 rings (SSSR count). The summed E-state index contributed by atoms with van der Waals surface area (Å²) in [5.41, 5.74) is 1.64. The summed E-state index contributed by atoms with van der Waals surface area (Å²) in [6.07, 6.45) is 2.06. The smallest absolute Gasteiger partial charge is 0.0995 e. The number of hydrogen-bond acceptors (Lipinski definition) is 1. The van der Waals surface area contributed by atoms with E-state index in [0.717, 1.165) is 18.4 Å². The third kappa shape index (κ3) is 1.42. The summed E-state index contributed by atoms with van der Waals surface area (Å²) in [5, 5.41) is 10.2. The number of rotatable bonds is 0. The summed E-state index contributed by atoms with van der Waals surface area (Å²) >= 11 is 3.53. The Morgan fingerprint density at radius 2 is 2.15 bits per heavy atom. The highest BCUT2D eigenvalue weighted by atomic mass is 79.9. The molecule has 1 nitrogen and oxygen atoms in total. The maximum Gasteiger partial charge on any atom is 0.0995 e. The molecule has 0 aliphatic heterocycles. The summed E-state index contributed by atoms with van der Waals surface area (Å²) in [5.74, 6) is 0. The van der Waals surface area contributed by atoms with E-state index in [1.54, 1.807) is 0 Å². The first-order chi connectivity index (χ1) is 6.12. The first-order valence-electron chi connectivity index (χ1n) is 4.57. The van der Waals surface area contributed by atoms with Crippen LogP contribution in [0.2, 0.25) is 0 Å². The largest absolute Gasteiger partial charge is 0.384 e. The average Bonchev–Trinajstić information content (AvgIpc) is 2.13.